The molecule has 1 amide bonds. The van der Waals surface area contributed by atoms with Crippen LogP contribution in [0.2, 0.25) is 0 Å². The van der Waals surface area contributed by atoms with Gasteiger partial charge in [-0.15, -0.1) is 0 Å². The third-order valence-corrected chi connectivity index (χ3v) is 5.14. The van der Waals surface area contributed by atoms with Crippen LogP contribution in [-0.2, 0) is 11.8 Å². The maximum absolute atomic E-state index is 13.1. The van der Waals surface area contributed by atoms with Gasteiger partial charge < -0.3 is 14.2 Å². The van der Waals surface area contributed by atoms with Crippen LogP contribution in [-0.4, -0.2) is 52.2 Å². The third kappa shape index (κ3) is 3.89. The van der Waals surface area contributed by atoms with Gasteiger partial charge in [-0.2, -0.15) is 0 Å². The fourth-order valence-corrected chi connectivity index (χ4v) is 3.24. The predicted molar refractivity (Wildman–Crippen MR) is 105 cm³/mol. The van der Waals surface area contributed by atoms with Crippen LogP contribution >= 0.6 is 0 Å². The highest BCUT2D eigenvalue weighted by molar-refractivity contribution is 6.07. The summed E-state index contributed by atoms with van der Waals surface area (Å²) >= 11 is 0. The van der Waals surface area contributed by atoms with E-state index in [1.54, 1.807) is 32.4 Å². The minimum atomic E-state index is -0.855. The molecule has 0 aliphatic rings. The Labute approximate surface area is 168 Å². The summed E-state index contributed by atoms with van der Waals surface area (Å²) in [7, 11) is 4.38. The molecule has 1 aromatic carbocycles. The lowest BCUT2D eigenvalue weighted by Crippen LogP contribution is -2.40. The van der Waals surface area contributed by atoms with Gasteiger partial charge in [0.2, 0.25) is 0 Å². The second-order valence-electron chi connectivity index (χ2n) is 6.75. The highest BCUT2D eigenvalue weighted by atomic mass is 16.6. The molecule has 1 aromatic heterocycles. The van der Waals surface area contributed by atoms with Crippen LogP contribution < -0.4 is 0 Å². The number of ether oxygens (including phenoxy) is 1. The smallest absolute Gasteiger partial charge is 0.354 e. The van der Waals surface area contributed by atoms with E-state index in [9.17, 15) is 24.5 Å². The number of hydrogen-bond acceptors (Lipinski definition) is 6. The lowest BCUT2D eigenvalue weighted by Gasteiger charge is -2.24. The van der Waals surface area contributed by atoms with Crippen molar-refractivity contribution in [1.82, 2.24) is 9.47 Å². The van der Waals surface area contributed by atoms with Crippen LogP contribution in [0, 0.1) is 24.0 Å². The first-order valence-corrected chi connectivity index (χ1v) is 8.82. The summed E-state index contributed by atoms with van der Waals surface area (Å²) in [4.78, 5) is 49.6. The first-order chi connectivity index (χ1) is 13.5. The number of rotatable bonds is 6. The van der Waals surface area contributed by atoms with Crippen LogP contribution in [0.5, 0.6) is 0 Å². The number of Topliss-reactive ketones (excluding diaryl/α,β-unsaturated/α-hetero) is 1. The fraction of sp³-hybridized carbons (Fsp3) is 0.350. The highest BCUT2D eigenvalue weighted by Gasteiger charge is 2.31. The Morgan fingerprint density at radius 3 is 2.41 bits per heavy atom. The molecule has 0 aliphatic carbocycles. The molecule has 1 atom stereocenters. The topological polar surface area (TPSA) is 112 Å². The van der Waals surface area contributed by atoms with E-state index in [0.717, 1.165) is 0 Å². The van der Waals surface area contributed by atoms with Gasteiger partial charge in [0, 0.05) is 43.0 Å². The summed E-state index contributed by atoms with van der Waals surface area (Å²) in [6, 6.07) is 4.48. The molecule has 2 aromatic rings. The summed E-state index contributed by atoms with van der Waals surface area (Å²) < 4.78 is 6.38. The molecule has 0 saturated heterocycles. The molecule has 9 heteroatoms. The van der Waals surface area contributed by atoms with Gasteiger partial charge in [0.05, 0.1) is 18.1 Å². The number of methoxy groups -OCH3 is 1. The van der Waals surface area contributed by atoms with E-state index in [1.807, 2.05) is 0 Å². The molecule has 154 valence electrons. The Bertz CT molecular complexity index is 1010. The molecular weight excluding hydrogens is 378 g/mol. The standard InChI is InChI=1S/C20H23N3O6/c1-11-16(12(2)21(4)17(11)20(26)29-6)18(24)13(3)22(5)19(25)14-8-7-9-15(10-14)23(27)28/h7-10,13H,1-6H3/t13-/m1/s1. The largest absolute Gasteiger partial charge is 0.464 e. The van der Waals surface area contributed by atoms with Gasteiger partial charge in [-0.1, -0.05) is 6.07 Å². The zero-order chi connectivity index (χ0) is 22.0. The molecule has 29 heavy (non-hydrogen) atoms. The molecule has 0 N–H and O–H groups in total. The van der Waals surface area contributed by atoms with E-state index in [0.29, 0.717) is 16.8 Å². The van der Waals surface area contributed by atoms with Crippen LogP contribution in [0.1, 0.15) is 49.4 Å². The van der Waals surface area contributed by atoms with Gasteiger partial charge >= 0.3 is 5.97 Å². The first kappa shape index (κ1) is 21.8. The van der Waals surface area contributed by atoms with Crippen molar-refractivity contribution in [3.8, 4) is 0 Å². The average molecular weight is 401 g/mol. The first-order valence-electron chi connectivity index (χ1n) is 8.82. The monoisotopic (exact) mass is 401 g/mol. The Hall–Kier alpha value is -3.49. The van der Waals surface area contributed by atoms with Crippen LogP contribution in [0.3, 0.4) is 0 Å². The molecule has 0 fully saturated rings. The summed E-state index contributed by atoms with van der Waals surface area (Å²) in [6.07, 6.45) is 0. The van der Waals surface area contributed by atoms with Crippen molar-refractivity contribution in [1.29, 1.82) is 0 Å². The van der Waals surface area contributed by atoms with Crippen molar-refractivity contribution in [2.24, 2.45) is 7.05 Å². The number of esters is 1. The zero-order valence-electron chi connectivity index (χ0n) is 17.2. The number of nitro groups is 1. The molecule has 0 radical (unpaired) electrons. The number of carbonyl (C=O) groups excluding carboxylic acids is 3. The van der Waals surface area contributed by atoms with Crippen LogP contribution in [0.15, 0.2) is 24.3 Å². The molecule has 1 heterocycles. The number of nitrogens with zero attached hydrogens (tertiary/aromatic N) is 3. The highest BCUT2D eigenvalue weighted by Crippen LogP contribution is 2.25. The predicted octanol–water partition coefficient (Wildman–Crippen LogP) is 2.68. The normalized spacial score (nSPS) is 11.7. The molecule has 0 saturated carbocycles. The fourth-order valence-electron chi connectivity index (χ4n) is 3.24. The number of carbonyl (C=O) groups is 3. The number of non-ortho nitro benzene ring substituents is 1. The van der Waals surface area contributed by atoms with Crippen molar-refractivity contribution < 1.29 is 24.0 Å². The van der Waals surface area contributed by atoms with Gasteiger partial charge in [-0.05, 0) is 32.4 Å². The summed E-state index contributed by atoms with van der Waals surface area (Å²) in [5, 5.41) is 10.9. The third-order valence-electron chi connectivity index (χ3n) is 5.14. The van der Waals surface area contributed by atoms with Crippen molar-refractivity contribution in [3.63, 3.8) is 0 Å². The van der Waals surface area contributed by atoms with Crippen LogP contribution in [0.25, 0.3) is 0 Å². The molecule has 2 rings (SSSR count). The molecule has 0 aliphatic heterocycles. The molecule has 9 nitrogen and oxygen atoms in total. The van der Waals surface area contributed by atoms with Crippen LogP contribution in [0.4, 0.5) is 5.69 Å². The maximum atomic E-state index is 13.1. The number of aromatic nitrogens is 1. The lowest BCUT2D eigenvalue weighted by atomic mass is 9.99. The number of amides is 1. The molecule has 0 spiro atoms. The van der Waals surface area contributed by atoms with E-state index < -0.39 is 22.8 Å². The van der Waals surface area contributed by atoms with Gasteiger partial charge in [-0.25, -0.2) is 4.79 Å². The Balaban J connectivity index is 2.37. The van der Waals surface area contributed by atoms with Gasteiger partial charge in [0.1, 0.15) is 5.69 Å². The number of hydrogen-bond donors (Lipinski definition) is 0. The van der Waals surface area contributed by atoms with E-state index >= 15 is 0 Å². The van der Waals surface area contributed by atoms with Crippen molar-refractivity contribution >= 4 is 23.3 Å². The summed E-state index contributed by atoms with van der Waals surface area (Å²) in [6.45, 7) is 4.94. The lowest BCUT2D eigenvalue weighted by molar-refractivity contribution is -0.384. The Morgan fingerprint density at radius 1 is 1.24 bits per heavy atom. The van der Waals surface area contributed by atoms with E-state index in [-0.39, 0.29) is 22.7 Å². The number of benzene rings is 1. The number of ketones is 1. The number of likely N-dealkylation sites (N-methyl/N-ethyl adjacent to an activating group) is 1. The summed E-state index contributed by atoms with van der Waals surface area (Å²) in [5.74, 6) is -1.41. The van der Waals surface area contributed by atoms with Gasteiger partial charge in [0.25, 0.3) is 11.6 Å². The van der Waals surface area contributed by atoms with E-state index in [1.165, 1.54) is 43.3 Å². The molecular formula is C20H23N3O6. The molecule has 0 unspecified atom stereocenters. The molecule has 0 bridgehead atoms. The van der Waals surface area contributed by atoms with Crippen molar-refractivity contribution in [2.45, 2.75) is 26.8 Å². The van der Waals surface area contributed by atoms with Crippen molar-refractivity contribution in [2.75, 3.05) is 14.2 Å². The Kier molecular flexibility index (Phi) is 6.21. The maximum Gasteiger partial charge on any atom is 0.354 e. The van der Waals surface area contributed by atoms with E-state index in [2.05, 4.69) is 0 Å². The van der Waals surface area contributed by atoms with Gasteiger partial charge in [-0.3, -0.25) is 19.7 Å². The SMILES string of the molecule is COC(=O)c1c(C)c(C(=O)[C@@H](C)N(C)C(=O)c2cccc([N+](=O)[O-])c2)c(C)n1C. The second-order valence-corrected chi connectivity index (χ2v) is 6.75. The van der Waals surface area contributed by atoms with Crippen molar-refractivity contribution in [3.05, 3.63) is 62.5 Å². The number of nitro benzene ring substituents is 1. The van der Waals surface area contributed by atoms with Gasteiger partial charge in [0.15, 0.2) is 5.78 Å². The minimum absolute atomic E-state index is 0.109. The quantitative estimate of drug-likeness (QED) is 0.318. The average Bonchev–Trinajstić information content (AvgIpc) is 2.93. The minimum Gasteiger partial charge on any atom is -0.464 e. The van der Waals surface area contributed by atoms with E-state index in [4.69, 9.17) is 4.74 Å². The second kappa shape index (κ2) is 8.26. The summed E-state index contributed by atoms with van der Waals surface area (Å²) in [5.41, 5.74) is 1.58. The zero-order valence-corrected chi connectivity index (χ0v) is 17.2. The Morgan fingerprint density at radius 2 is 1.86 bits per heavy atom.